The zero-order valence-corrected chi connectivity index (χ0v) is 18.1. The van der Waals surface area contributed by atoms with E-state index in [-0.39, 0.29) is 11.9 Å². The molecular formula is C22H21N3O2S2. The summed E-state index contributed by atoms with van der Waals surface area (Å²) >= 11 is 3.22. The van der Waals surface area contributed by atoms with Crippen molar-refractivity contribution < 1.29 is 9.53 Å². The molecule has 2 aromatic carbocycles. The van der Waals surface area contributed by atoms with E-state index in [0.717, 1.165) is 25.9 Å². The number of hydrogen-bond acceptors (Lipinski definition) is 6. The summed E-state index contributed by atoms with van der Waals surface area (Å²) in [7, 11) is 1.81. The summed E-state index contributed by atoms with van der Waals surface area (Å²) in [6.07, 6.45) is 0. The van der Waals surface area contributed by atoms with Gasteiger partial charge in [0.15, 0.2) is 0 Å². The molecule has 4 aromatic rings. The second-order valence-electron chi connectivity index (χ2n) is 6.79. The number of amides is 1. The van der Waals surface area contributed by atoms with Crippen molar-refractivity contribution >= 4 is 38.8 Å². The van der Waals surface area contributed by atoms with Crippen LogP contribution in [0.25, 0.3) is 10.2 Å². The molecule has 0 radical (unpaired) electrons. The van der Waals surface area contributed by atoms with Crippen LogP contribution in [0.1, 0.15) is 39.0 Å². The lowest BCUT2D eigenvalue weighted by atomic mass is 10.1. The lowest BCUT2D eigenvalue weighted by molar-refractivity contribution is 0.0742. The van der Waals surface area contributed by atoms with Crippen molar-refractivity contribution in [2.75, 3.05) is 7.05 Å². The lowest BCUT2D eigenvalue weighted by Crippen LogP contribution is -2.29. The number of aryl methyl sites for hydroxylation is 1. The number of thiazole rings is 2. The average molecular weight is 424 g/mol. The molecular weight excluding hydrogens is 402 g/mol. The van der Waals surface area contributed by atoms with Gasteiger partial charge in [0, 0.05) is 18.0 Å². The number of hydrogen-bond donors (Lipinski definition) is 0. The molecule has 0 saturated carbocycles. The fourth-order valence-corrected chi connectivity index (χ4v) is 4.62. The first-order chi connectivity index (χ1) is 14.0. The molecule has 2 heterocycles. The molecule has 0 fully saturated rings. The quantitative estimate of drug-likeness (QED) is 0.412. The summed E-state index contributed by atoms with van der Waals surface area (Å²) in [5, 5.41) is 3.92. The molecule has 7 heteroatoms. The molecule has 1 amide bonds. The maximum absolute atomic E-state index is 13.0. The molecule has 2 aromatic heterocycles. The van der Waals surface area contributed by atoms with Crippen molar-refractivity contribution in [3.05, 3.63) is 75.2 Å². The van der Waals surface area contributed by atoms with E-state index in [1.54, 1.807) is 33.6 Å². The van der Waals surface area contributed by atoms with Crippen LogP contribution in [0, 0.1) is 6.92 Å². The van der Waals surface area contributed by atoms with Gasteiger partial charge in [-0.15, -0.1) is 22.7 Å². The van der Waals surface area contributed by atoms with Crippen LogP contribution in [-0.2, 0) is 6.61 Å². The Kier molecular flexibility index (Phi) is 5.60. The highest BCUT2D eigenvalue weighted by molar-refractivity contribution is 7.18. The molecule has 148 valence electrons. The largest absolute Gasteiger partial charge is 0.487 e. The average Bonchev–Trinajstić information content (AvgIpc) is 3.36. The molecule has 0 aliphatic heterocycles. The number of nitrogens with zero attached hydrogens (tertiary/aromatic N) is 3. The zero-order valence-electron chi connectivity index (χ0n) is 16.5. The van der Waals surface area contributed by atoms with E-state index in [4.69, 9.17) is 4.74 Å². The topological polar surface area (TPSA) is 55.3 Å². The van der Waals surface area contributed by atoms with Gasteiger partial charge in [-0.25, -0.2) is 9.97 Å². The Hall–Kier alpha value is -2.77. The Morgan fingerprint density at radius 1 is 1.17 bits per heavy atom. The Morgan fingerprint density at radius 2 is 2.00 bits per heavy atom. The molecule has 0 spiro atoms. The SMILES string of the molecule is Cc1nc(COc2cccc(C(=O)N(C)C(C)c3nc4ccccc4s3)c2)cs1. The molecule has 0 N–H and O–H groups in total. The number of carbonyl (C=O) groups excluding carboxylic acids is 1. The monoisotopic (exact) mass is 423 g/mol. The minimum Gasteiger partial charge on any atom is -0.487 e. The highest BCUT2D eigenvalue weighted by atomic mass is 32.1. The third kappa shape index (κ3) is 4.31. The van der Waals surface area contributed by atoms with E-state index >= 15 is 0 Å². The van der Waals surface area contributed by atoms with Crippen molar-refractivity contribution in [2.45, 2.75) is 26.5 Å². The van der Waals surface area contributed by atoms with Crippen LogP contribution in [-0.4, -0.2) is 27.8 Å². The maximum atomic E-state index is 13.0. The van der Waals surface area contributed by atoms with Gasteiger partial charge in [-0.05, 0) is 44.2 Å². The Balaban J connectivity index is 1.47. The van der Waals surface area contributed by atoms with E-state index in [0.29, 0.717) is 17.9 Å². The van der Waals surface area contributed by atoms with E-state index in [2.05, 4.69) is 16.0 Å². The van der Waals surface area contributed by atoms with Gasteiger partial charge >= 0.3 is 0 Å². The maximum Gasteiger partial charge on any atom is 0.254 e. The van der Waals surface area contributed by atoms with Crippen molar-refractivity contribution in [1.82, 2.24) is 14.9 Å². The molecule has 5 nitrogen and oxygen atoms in total. The van der Waals surface area contributed by atoms with Crippen LogP contribution in [0.5, 0.6) is 5.75 Å². The third-order valence-corrected chi connectivity index (χ3v) is 6.73. The molecule has 0 bridgehead atoms. The number of rotatable bonds is 6. The van der Waals surface area contributed by atoms with Gasteiger partial charge in [-0.1, -0.05) is 18.2 Å². The van der Waals surface area contributed by atoms with Gasteiger partial charge in [0.2, 0.25) is 0 Å². The standard InChI is InChI=1S/C22H21N3O2S2/c1-14(21-24-19-9-4-5-10-20(19)29-21)25(3)22(26)16-7-6-8-18(11-16)27-12-17-13-28-15(2)23-17/h4-11,13-14H,12H2,1-3H3. The van der Waals surface area contributed by atoms with Gasteiger partial charge in [0.25, 0.3) is 5.91 Å². The molecule has 0 aliphatic carbocycles. The summed E-state index contributed by atoms with van der Waals surface area (Å²) in [5.41, 5.74) is 2.45. The summed E-state index contributed by atoms with van der Waals surface area (Å²) in [6.45, 7) is 4.36. The Labute approximate surface area is 177 Å². The number of carbonyl (C=O) groups is 1. The van der Waals surface area contributed by atoms with Crippen LogP contribution in [0.2, 0.25) is 0 Å². The molecule has 1 atom stereocenters. The van der Waals surface area contributed by atoms with Crippen molar-refractivity contribution in [3.63, 3.8) is 0 Å². The summed E-state index contributed by atoms with van der Waals surface area (Å²) < 4.78 is 6.95. The summed E-state index contributed by atoms with van der Waals surface area (Å²) in [4.78, 5) is 23.8. The van der Waals surface area contributed by atoms with Gasteiger partial charge < -0.3 is 9.64 Å². The first-order valence-corrected chi connectivity index (χ1v) is 11.0. The fourth-order valence-electron chi connectivity index (χ4n) is 2.96. The number of para-hydroxylation sites is 1. The highest BCUT2D eigenvalue weighted by Gasteiger charge is 2.22. The fraction of sp³-hybridized carbons (Fsp3) is 0.227. The molecule has 0 saturated heterocycles. The van der Waals surface area contributed by atoms with E-state index in [9.17, 15) is 4.79 Å². The minimum atomic E-state index is -0.123. The second kappa shape index (κ2) is 8.31. The molecule has 1 unspecified atom stereocenters. The predicted octanol–water partition coefficient (Wildman–Crippen LogP) is 5.47. The summed E-state index contributed by atoms with van der Waals surface area (Å²) in [5.74, 6) is 0.592. The van der Waals surface area contributed by atoms with Crippen molar-refractivity contribution in [2.24, 2.45) is 0 Å². The van der Waals surface area contributed by atoms with Crippen molar-refractivity contribution in [1.29, 1.82) is 0 Å². The van der Waals surface area contributed by atoms with Gasteiger partial charge in [-0.2, -0.15) is 0 Å². The van der Waals surface area contributed by atoms with E-state index < -0.39 is 0 Å². The lowest BCUT2D eigenvalue weighted by Gasteiger charge is -2.23. The van der Waals surface area contributed by atoms with Crippen LogP contribution in [0.4, 0.5) is 0 Å². The normalized spacial score (nSPS) is 12.1. The number of ether oxygens (including phenoxy) is 1. The van der Waals surface area contributed by atoms with Crippen LogP contribution in [0.15, 0.2) is 53.9 Å². The van der Waals surface area contributed by atoms with E-state index in [1.165, 1.54) is 0 Å². The molecule has 0 aliphatic rings. The predicted molar refractivity (Wildman–Crippen MR) is 118 cm³/mol. The smallest absolute Gasteiger partial charge is 0.254 e. The molecule has 4 rings (SSSR count). The van der Waals surface area contributed by atoms with Gasteiger partial charge in [0.05, 0.1) is 27.0 Å². The first kappa shape index (κ1) is 19.5. The van der Waals surface area contributed by atoms with E-state index in [1.807, 2.05) is 62.7 Å². The number of fused-ring (bicyclic) bond motifs is 1. The van der Waals surface area contributed by atoms with Gasteiger partial charge in [0.1, 0.15) is 17.4 Å². The summed E-state index contributed by atoms with van der Waals surface area (Å²) in [6, 6.07) is 15.2. The van der Waals surface area contributed by atoms with Crippen LogP contribution < -0.4 is 4.74 Å². The zero-order chi connectivity index (χ0) is 20.4. The third-order valence-electron chi connectivity index (χ3n) is 4.70. The van der Waals surface area contributed by atoms with Crippen molar-refractivity contribution in [3.8, 4) is 5.75 Å². The van der Waals surface area contributed by atoms with Crippen LogP contribution in [0.3, 0.4) is 0 Å². The number of aromatic nitrogens is 2. The Bertz CT molecular complexity index is 1120. The minimum absolute atomic E-state index is 0.0632. The number of benzene rings is 2. The first-order valence-electron chi connectivity index (χ1n) is 9.28. The Morgan fingerprint density at radius 3 is 2.76 bits per heavy atom. The highest BCUT2D eigenvalue weighted by Crippen LogP contribution is 2.29. The van der Waals surface area contributed by atoms with Gasteiger partial charge in [-0.3, -0.25) is 4.79 Å². The van der Waals surface area contributed by atoms with Crippen LogP contribution >= 0.6 is 22.7 Å². The second-order valence-corrected chi connectivity index (χ2v) is 8.91. The molecule has 29 heavy (non-hydrogen) atoms.